The minimum Gasteiger partial charge on any atom is -0.390 e. The standard InChI is InChI=1S/C12H17N4O12P3/c1-6-3-16(12-10(6)11(13)14-5-15-12)9-2-7(17)8(25-9)4-24-29(19)27-31(22,23)28-30(20,21)26-18/h3,5,7-9,17H,2,4H2,1H3,(H4-,13,14,15,18,20,21,22,23)/p+1/t7-,8+,9+/m0/s1. The van der Waals surface area contributed by atoms with E-state index in [-0.39, 0.29) is 12.2 Å². The molecule has 1 saturated heterocycles. The van der Waals surface area contributed by atoms with Crippen molar-refractivity contribution >= 4 is 40.8 Å². The van der Waals surface area contributed by atoms with Crippen LogP contribution in [0.5, 0.6) is 0 Å². The average molecular weight is 503 g/mol. The fourth-order valence-electron chi connectivity index (χ4n) is 2.96. The second-order valence-electron chi connectivity index (χ2n) is 6.31. The molecule has 16 nitrogen and oxygen atoms in total. The third kappa shape index (κ3) is 5.71. The van der Waals surface area contributed by atoms with E-state index in [0.29, 0.717) is 11.0 Å². The molecule has 0 aromatic carbocycles. The molecular weight excluding hydrogens is 485 g/mol. The van der Waals surface area contributed by atoms with E-state index in [1.807, 2.05) is 0 Å². The summed E-state index contributed by atoms with van der Waals surface area (Å²) in [6.45, 7) is 1.27. The summed E-state index contributed by atoms with van der Waals surface area (Å²) in [5, 5.41) is 18.9. The number of aryl methyl sites for hydroxylation is 1. The number of aliphatic hydroxyl groups excluding tert-OH is 1. The number of hydrogen-bond acceptors (Lipinski definition) is 13. The fourth-order valence-corrected chi connectivity index (χ4v) is 5.64. The smallest absolute Gasteiger partial charge is 0.390 e. The van der Waals surface area contributed by atoms with Gasteiger partial charge in [-0.2, -0.15) is 4.31 Å². The summed E-state index contributed by atoms with van der Waals surface area (Å²) in [4.78, 5) is 26.1. The van der Waals surface area contributed by atoms with Gasteiger partial charge in [-0.3, -0.25) is 4.89 Å². The van der Waals surface area contributed by atoms with Gasteiger partial charge in [0.1, 0.15) is 36.7 Å². The Morgan fingerprint density at radius 1 is 1.35 bits per heavy atom. The van der Waals surface area contributed by atoms with Gasteiger partial charge < -0.3 is 25.0 Å². The van der Waals surface area contributed by atoms with Crippen LogP contribution < -0.4 is 5.73 Å². The largest absolute Gasteiger partial charge is 0.708 e. The molecule has 3 unspecified atom stereocenters. The number of nitrogen functional groups attached to an aromatic ring is 1. The number of fused-ring (bicyclic) bond motifs is 1. The van der Waals surface area contributed by atoms with Gasteiger partial charge in [0.2, 0.25) is 0 Å². The Morgan fingerprint density at radius 2 is 2.06 bits per heavy atom. The molecule has 1 aliphatic heterocycles. The lowest BCUT2D eigenvalue weighted by molar-refractivity contribution is -0.157. The van der Waals surface area contributed by atoms with Crippen LogP contribution in [0, 0.1) is 6.92 Å². The molecule has 2 aromatic rings. The summed E-state index contributed by atoms with van der Waals surface area (Å²) >= 11 is 0. The van der Waals surface area contributed by atoms with Gasteiger partial charge in [-0.15, -0.1) is 9.20 Å². The molecular formula is C12H18N4O12P3+. The van der Waals surface area contributed by atoms with E-state index in [0.717, 1.165) is 5.56 Å². The van der Waals surface area contributed by atoms with E-state index in [1.165, 1.54) is 6.33 Å². The van der Waals surface area contributed by atoms with Crippen molar-refractivity contribution in [3.8, 4) is 0 Å². The first kappa shape index (κ1) is 24.3. The number of ether oxygens (including phenoxy) is 1. The summed E-state index contributed by atoms with van der Waals surface area (Å²) in [6.07, 6.45) is 0.361. The maximum absolute atomic E-state index is 11.7. The summed E-state index contributed by atoms with van der Waals surface area (Å²) in [5.41, 5.74) is 7.14. The first-order valence-electron chi connectivity index (χ1n) is 8.33. The number of anilines is 1. The number of aliphatic hydroxyl groups is 1. The van der Waals surface area contributed by atoms with Crippen molar-refractivity contribution in [2.24, 2.45) is 0 Å². The first-order valence-corrected chi connectivity index (χ1v) is 12.4. The van der Waals surface area contributed by atoms with Gasteiger partial charge in [0.05, 0.1) is 11.5 Å². The van der Waals surface area contributed by atoms with Crippen LogP contribution in [0.15, 0.2) is 12.5 Å². The van der Waals surface area contributed by atoms with Crippen LogP contribution in [0.3, 0.4) is 0 Å². The lowest BCUT2D eigenvalue weighted by atomic mass is 10.2. The van der Waals surface area contributed by atoms with Crippen molar-refractivity contribution < 1.29 is 56.4 Å². The molecule has 31 heavy (non-hydrogen) atoms. The van der Waals surface area contributed by atoms with E-state index in [2.05, 4.69) is 23.3 Å². The average Bonchev–Trinajstić information content (AvgIpc) is 3.19. The minimum atomic E-state index is -5.39. The van der Waals surface area contributed by atoms with Gasteiger partial charge in [0.15, 0.2) is 0 Å². The normalized spacial score (nSPS) is 26.0. The number of nitrogens with zero attached hydrogens (tertiary/aromatic N) is 3. The zero-order valence-corrected chi connectivity index (χ0v) is 18.3. The Balaban J connectivity index is 1.61. The van der Waals surface area contributed by atoms with E-state index in [1.54, 1.807) is 17.7 Å². The van der Waals surface area contributed by atoms with Crippen molar-refractivity contribution in [3.63, 3.8) is 0 Å². The molecule has 19 heteroatoms. The highest BCUT2D eigenvalue weighted by molar-refractivity contribution is 7.64. The van der Waals surface area contributed by atoms with Gasteiger partial charge in [-0.25, -0.2) is 24.4 Å². The summed E-state index contributed by atoms with van der Waals surface area (Å²) < 4.78 is 56.8. The third-order valence-electron chi connectivity index (χ3n) is 4.17. The van der Waals surface area contributed by atoms with Crippen molar-refractivity contribution in [3.05, 3.63) is 18.1 Å². The van der Waals surface area contributed by atoms with Gasteiger partial charge in [0, 0.05) is 17.2 Å². The Labute approximate surface area is 174 Å². The molecule has 172 valence electrons. The van der Waals surface area contributed by atoms with Gasteiger partial charge >= 0.3 is 23.9 Å². The highest BCUT2D eigenvalue weighted by atomic mass is 31.3. The number of rotatable bonds is 9. The zero-order chi connectivity index (χ0) is 23.0. The van der Waals surface area contributed by atoms with Crippen LogP contribution in [0.4, 0.5) is 5.82 Å². The molecule has 0 spiro atoms. The SMILES string of the molecule is Cc1cn([C@H]2C[C@H](O)[C@@H](CO[P+](=O)OP(=O)(O)OP(=O)(O)OO)O2)c2ncnc(N)c12. The number of hydrogen-bond donors (Lipinski definition) is 5. The molecule has 1 aliphatic rings. The second kappa shape index (κ2) is 9.24. The quantitative estimate of drug-likeness (QED) is 0.185. The van der Waals surface area contributed by atoms with Gasteiger partial charge in [-0.05, 0) is 16.8 Å². The predicted octanol–water partition coefficient (Wildman–Crippen LogP) is 1.37. The Hall–Kier alpha value is -1.38. The third-order valence-corrected chi connectivity index (χ3v) is 7.74. The van der Waals surface area contributed by atoms with Crippen molar-refractivity contribution in [2.75, 3.05) is 12.3 Å². The second-order valence-corrected chi connectivity index (χ2v) is 10.4. The van der Waals surface area contributed by atoms with Crippen LogP contribution >= 0.6 is 23.9 Å². The summed E-state index contributed by atoms with van der Waals surface area (Å²) in [6, 6.07) is 0. The first-order chi connectivity index (χ1) is 14.4. The number of aromatic nitrogens is 3. The highest BCUT2D eigenvalue weighted by Crippen LogP contribution is 2.63. The Kier molecular flexibility index (Phi) is 7.23. The van der Waals surface area contributed by atoms with E-state index in [9.17, 15) is 23.7 Å². The van der Waals surface area contributed by atoms with Crippen LogP contribution in [-0.2, 0) is 36.3 Å². The van der Waals surface area contributed by atoms with E-state index < -0.39 is 48.9 Å². The molecule has 2 aromatic heterocycles. The molecule has 0 saturated carbocycles. The molecule has 1 fully saturated rings. The number of phosphoric acid groups is 2. The van der Waals surface area contributed by atoms with Crippen LogP contribution in [0.1, 0.15) is 18.2 Å². The van der Waals surface area contributed by atoms with E-state index >= 15 is 0 Å². The lowest BCUT2D eigenvalue weighted by Crippen LogP contribution is -2.25. The Morgan fingerprint density at radius 3 is 2.74 bits per heavy atom. The molecule has 3 heterocycles. The zero-order valence-electron chi connectivity index (χ0n) is 15.6. The molecule has 0 bridgehead atoms. The predicted molar refractivity (Wildman–Crippen MR) is 100 cm³/mol. The van der Waals surface area contributed by atoms with Crippen LogP contribution in [-0.4, -0.2) is 53.5 Å². The molecule has 0 amide bonds. The van der Waals surface area contributed by atoms with Crippen LogP contribution in [0.25, 0.3) is 11.0 Å². The van der Waals surface area contributed by atoms with Crippen LogP contribution in [0.2, 0.25) is 0 Å². The summed E-state index contributed by atoms with van der Waals surface area (Å²) in [5.74, 6) is 0.281. The maximum atomic E-state index is 11.7. The molecule has 6 N–H and O–H groups in total. The monoisotopic (exact) mass is 503 g/mol. The number of nitrogens with two attached hydrogens (primary N) is 1. The highest BCUT2D eigenvalue weighted by Gasteiger charge is 2.46. The molecule has 6 atom stereocenters. The fraction of sp³-hybridized carbons (Fsp3) is 0.500. The maximum Gasteiger partial charge on any atom is 0.708 e. The topological polar surface area (TPSA) is 235 Å². The van der Waals surface area contributed by atoms with E-state index in [4.69, 9.17) is 25.1 Å². The minimum absolute atomic E-state index is 0.113. The lowest BCUT2D eigenvalue weighted by Gasteiger charge is -2.14. The van der Waals surface area contributed by atoms with Crippen molar-refractivity contribution in [1.82, 2.24) is 14.5 Å². The van der Waals surface area contributed by atoms with Crippen molar-refractivity contribution in [1.29, 1.82) is 0 Å². The molecule has 0 radical (unpaired) electrons. The molecule has 3 rings (SSSR count). The Bertz CT molecular complexity index is 1080. The van der Waals surface area contributed by atoms with Gasteiger partial charge in [-0.1, -0.05) is 0 Å². The summed E-state index contributed by atoms with van der Waals surface area (Å²) in [7, 11) is -14.1. The van der Waals surface area contributed by atoms with Crippen molar-refractivity contribution in [2.45, 2.75) is 31.8 Å². The molecule has 0 aliphatic carbocycles. The van der Waals surface area contributed by atoms with Gasteiger partial charge in [0.25, 0.3) is 0 Å².